The third-order valence-corrected chi connectivity index (χ3v) is 7.23. The van der Waals surface area contributed by atoms with Gasteiger partial charge in [0.25, 0.3) is 0 Å². The average Bonchev–Trinajstić information content (AvgIpc) is 3.44. The number of hydrogen-bond donors (Lipinski definition) is 2. The Morgan fingerprint density at radius 2 is 1.72 bits per heavy atom. The second-order valence-electron chi connectivity index (χ2n) is 9.66. The molecule has 2 atom stereocenters. The summed E-state index contributed by atoms with van der Waals surface area (Å²) in [5, 5.41) is 4.91. The third-order valence-electron chi connectivity index (χ3n) is 7.23. The van der Waals surface area contributed by atoms with Gasteiger partial charge in [-0.2, -0.15) is 0 Å². The van der Waals surface area contributed by atoms with Gasteiger partial charge in [-0.05, 0) is 66.5 Å². The number of benzene rings is 2. The van der Waals surface area contributed by atoms with Crippen molar-refractivity contribution in [2.75, 3.05) is 25.0 Å². The van der Waals surface area contributed by atoms with Gasteiger partial charge in [-0.1, -0.05) is 18.2 Å². The van der Waals surface area contributed by atoms with Crippen molar-refractivity contribution >= 4 is 29.5 Å². The Bertz CT molecular complexity index is 1390. The molecule has 9 nitrogen and oxygen atoms in total. The molecule has 3 aliphatic rings. The number of nitrogens with zero attached hydrogens (tertiary/aromatic N) is 2. The van der Waals surface area contributed by atoms with Crippen molar-refractivity contribution in [2.45, 2.75) is 25.0 Å². The molecule has 11 heteroatoms. The summed E-state index contributed by atoms with van der Waals surface area (Å²) in [6.07, 6.45) is 3.33. The van der Waals surface area contributed by atoms with Gasteiger partial charge in [-0.15, -0.1) is 0 Å². The van der Waals surface area contributed by atoms with E-state index in [1.165, 1.54) is 59.3 Å². The van der Waals surface area contributed by atoms with E-state index in [0.29, 0.717) is 29.7 Å². The summed E-state index contributed by atoms with van der Waals surface area (Å²) < 4.78 is 32.8. The van der Waals surface area contributed by atoms with E-state index in [-0.39, 0.29) is 31.1 Å². The molecule has 2 aromatic carbocycles. The maximum absolute atomic E-state index is 13.6. The third kappa shape index (κ3) is 5.12. The minimum Gasteiger partial charge on any atom is -0.436 e. The number of carbonyl (C=O) groups excluding carboxylic acids is 4. The fraction of sp³-hybridized carbons (Fsp3) is 0.286. The van der Waals surface area contributed by atoms with E-state index in [9.17, 15) is 28.0 Å². The monoisotopic (exact) mass is 536 g/mol. The predicted molar refractivity (Wildman–Crippen MR) is 136 cm³/mol. The molecule has 1 saturated heterocycles. The highest BCUT2D eigenvalue weighted by molar-refractivity contribution is 6.04. The number of amides is 4. The number of urea groups is 1. The summed E-state index contributed by atoms with van der Waals surface area (Å²) in [7, 11) is 1.44. The van der Waals surface area contributed by atoms with Crippen LogP contribution >= 0.6 is 0 Å². The first-order chi connectivity index (χ1) is 18.7. The number of allylic oxidation sites excluding steroid dienone is 3. The van der Waals surface area contributed by atoms with Gasteiger partial charge in [0, 0.05) is 18.7 Å². The number of nitrogens with one attached hydrogen (secondary N) is 2. The van der Waals surface area contributed by atoms with Gasteiger partial charge in [0.05, 0.1) is 18.8 Å². The molecule has 0 aromatic heterocycles. The van der Waals surface area contributed by atoms with E-state index < -0.39 is 41.2 Å². The van der Waals surface area contributed by atoms with Crippen LogP contribution in [-0.4, -0.2) is 54.5 Å². The topological polar surface area (TPSA) is 108 Å². The molecule has 2 aliphatic carbocycles. The Labute approximate surface area is 223 Å². The van der Waals surface area contributed by atoms with Crippen LogP contribution < -0.4 is 15.5 Å². The predicted octanol–water partition coefficient (Wildman–Crippen LogP) is 3.42. The maximum Gasteiger partial charge on any atom is 0.411 e. The number of ketones is 1. The highest BCUT2D eigenvalue weighted by Crippen LogP contribution is 2.48. The maximum atomic E-state index is 13.6. The highest BCUT2D eigenvalue weighted by Gasteiger charge is 2.56. The minimum absolute atomic E-state index is 0.0758. The summed E-state index contributed by atoms with van der Waals surface area (Å²) in [6, 6.07) is 10.5. The first-order valence-electron chi connectivity index (χ1n) is 12.4. The molecule has 2 fully saturated rings. The number of ether oxygens (including phenoxy) is 1. The van der Waals surface area contributed by atoms with E-state index >= 15 is 0 Å². The molecule has 1 unspecified atom stereocenters. The number of anilines is 1. The second kappa shape index (κ2) is 10.3. The van der Waals surface area contributed by atoms with Crippen molar-refractivity contribution in [2.24, 2.45) is 5.92 Å². The van der Waals surface area contributed by atoms with Crippen molar-refractivity contribution in [3.63, 3.8) is 0 Å². The van der Waals surface area contributed by atoms with Gasteiger partial charge in [0.1, 0.15) is 18.2 Å². The van der Waals surface area contributed by atoms with Gasteiger partial charge in [0.15, 0.2) is 11.4 Å². The lowest BCUT2D eigenvalue weighted by atomic mass is 9.85. The van der Waals surface area contributed by atoms with Crippen LogP contribution in [0, 0.1) is 17.6 Å². The van der Waals surface area contributed by atoms with Crippen LogP contribution in [-0.2, 0) is 20.9 Å². The normalized spacial score (nSPS) is 21.7. The van der Waals surface area contributed by atoms with Crippen LogP contribution in [0.3, 0.4) is 0 Å². The van der Waals surface area contributed by atoms with Crippen LogP contribution in [0.25, 0.3) is 0 Å². The molecule has 4 amide bonds. The molecule has 0 radical (unpaired) electrons. The minimum atomic E-state index is -1.05. The number of halogens is 2. The summed E-state index contributed by atoms with van der Waals surface area (Å²) in [4.78, 5) is 53.8. The zero-order valence-corrected chi connectivity index (χ0v) is 21.1. The van der Waals surface area contributed by atoms with Crippen LogP contribution in [0.1, 0.15) is 18.4 Å². The lowest BCUT2D eigenvalue weighted by Gasteiger charge is -2.28. The molecule has 1 heterocycles. The highest BCUT2D eigenvalue weighted by atomic mass is 19.1. The van der Waals surface area contributed by atoms with Gasteiger partial charge in [0.2, 0.25) is 5.91 Å². The average molecular weight is 537 g/mol. The summed E-state index contributed by atoms with van der Waals surface area (Å²) in [5.41, 5.74) is 0.805. The molecular weight excluding hydrogens is 510 g/mol. The zero-order valence-electron chi connectivity index (χ0n) is 21.1. The number of carbonyl (C=O) groups is 4. The van der Waals surface area contributed by atoms with E-state index in [2.05, 4.69) is 10.6 Å². The summed E-state index contributed by atoms with van der Waals surface area (Å²) in [6.45, 7) is -0.163. The lowest BCUT2D eigenvalue weighted by Crippen LogP contribution is -2.42. The van der Waals surface area contributed by atoms with Crippen molar-refractivity contribution in [1.82, 2.24) is 15.5 Å². The molecule has 0 bridgehead atoms. The zero-order chi connectivity index (χ0) is 27.7. The Balaban J connectivity index is 1.35. The summed E-state index contributed by atoms with van der Waals surface area (Å²) >= 11 is 0. The number of Topliss-reactive ketones (excluding diaryl/α,β-unsaturated/α-hetero) is 1. The molecule has 2 N–H and O–H groups in total. The Hall–Kier alpha value is -4.54. The van der Waals surface area contributed by atoms with Crippen molar-refractivity contribution in [3.8, 4) is 0 Å². The van der Waals surface area contributed by atoms with Crippen LogP contribution in [0.4, 0.5) is 24.1 Å². The number of hydrogen-bond acceptors (Lipinski definition) is 5. The largest absolute Gasteiger partial charge is 0.436 e. The Morgan fingerprint density at radius 1 is 1.05 bits per heavy atom. The van der Waals surface area contributed by atoms with Gasteiger partial charge >= 0.3 is 12.1 Å². The van der Waals surface area contributed by atoms with E-state index in [0.717, 1.165) is 0 Å². The first-order valence-corrected chi connectivity index (χ1v) is 12.4. The molecular formula is C28H26F2N4O5. The quantitative estimate of drug-likeness (QED) is 0.588. The van der Waals surface area contributed by atoms with E-state index in [1.807, 2.05) is 0 Å². The van der Waals surface area contributed by atoms with E-state index in [1.54, 1.807) is 18.2 Å². The molecule has 1 aliphatic heterocycles. The number of fused-ring (bicyclic) bond motifs is 2. The lowest BCUT2D eigenvalue weighted by molar-refractivity contribution is -0.119. The molecule has 2 aromatic rings. The first kappa shape index (κ1) is 26.1. The van der Waals surface area contributed by atoms with Crippen molar-refractivity contribution in [3.05, 3.63) is 89.2 Å². The molecule has 202 valence electrons. The Kier molecular flexibility index (Phi) is 6.90. The van der Waals surface area contributed by atoms with Crippen molar-refractivity contribution in [1.29, 1.82) is 0 Å². The second-order valence-corrected chi connectivity index (χ2v) is 9.66. The molecule has 1 spiro atoms. The molecule has 39 heavy (non-hydrogen) atoms. The Morgan fingerprint density at radius 3 is 2.38 bits per heavy atom. The van der Waals surface area contributed by atoms with Gasteiger partial charge < -0.3 is 20.3 Å². The SMILES string of the molecule is CNC(=O)NC1=CC=C2C(CC[C@]23CN(CC(=O)N(Cc2ccc(F)cc2)c2ccc(F)cc2)C(=O)O3)C1=O. The van der Waals surface area contributed by atoms with Crippen molar-refractivity contribution < 1.29 is 32.7 Å². The standard InChI is InChI=1S/C28H26F2N4O5/c1-31-26(37)32-23-11-10-22-21(25(23)36)12-13-28(22)16-33(27(38)39-28)15-24(35)34(20-8-6-19(30)7-9-20)14-17-2-4-18(29)5-3-17/h2-11,21H,12-16H2,1H3,(H2,31,32,37)/t21?,28-/m0/s1. The molecule has 5 rings (SSSR count). The smallest absolute Gasteiger partial charge is 0.411 e. The van der Waals surface area contributed by atoms with Crippen LogP contribution in [0.5, 0.6) is 0 Å². The van der Waals surface area contributed by atoms with Gasteiger partial charge in [-0.3, -0.25) is 14.5 Å². The van der Waals surface area contributed by atoms with Gasteiger partial charge in [-0.25, -0.2) is 18.4 Å². The van der Waals surface area contributed by atoms with Crippen LogP contribution in [0.15, 0.2) is 72.0 Å². The fourth-order valence-electron chi connectivity index (χ4n) is 5.27. The fourth-order valence-corrected chi connectivity index (χ4v) is 5.27. The molecule has 1 saturated carbocycles. The van der Waals surface area contributed by atoms with Crippen LogP contribution in [0.2, 0.25) is 0 Å². The summed E-state index contributed by atoms with van der Waals surface area (Å²) in [5.74, 6) is -2.13. The van der Waals surface area contributed by atoms with E-state index in [4.69, 9.17) is 4.74 Å². The number of rotatable bonds is 6.